The van der Waals surface area contributed by atoms with Crippen LogP contribution in [0.5, 0.6) is 0 Å². The molecule has 3 aromatic rings. The largest absolute Gasteiger partial charge is 0.416 e. The van der Waals surface area contributed by atoms with E-state index in [9.17, 15) is 13.2 Å². The number of nitrogens with zero attached hydrogens (tertiary/aromatic N) is 1. The molecule has 0 saturated carbocycles. The molecule has 1 aromatic heterocycles. The highest BCUT2D eigenvalue weighted by atomic mass is 19.4. The van der Waals surface area contributed by atoms with Gasteiger partial charge < -0.3 is 5.32 Å². The number of benzene rings is 2. The number of hydrogen-bond acceptors (Lipinski definition) is 2. The summed E-state index contributed by atoms with van der Waals surface area (Å²) < 4.78 is 38.0. The lowest BCUT2D eigenvalue weighted by Gasteiger charge is -2.09. The number of anilines is 1. The van der Waals surface area contributed by atoms with Crippen LogP contribution in [0.25, 0.3) is 11.3 Å². The van der Waals surface area contributed by atoms with E-state index in [1.54, 1.807) is 6.20 Å². The highest BCUT2D eigenvalue weighted by Gasteiger charge is 2.30. The molecular weight excluding hydrogens is 315 g/mol. The van der Waals surface area contributed by atoms with Crippen LogP contribution in [-0.2, 0) is 12.7 Å². The number of hydrogen-bond donors (Lipinski definition) is 2. The maximum atomic E-state index is 12.7. The van der Waals surface area contributed by atoms with E-state index in [0.29, 0.717) is 17.8 Å². The van der Waals surface area contributed by atoms with Gasteiger partial charge in [0.05, 0.1) is 17.5 Å². The van der Waals surface area contributed by atoms with Crippen LogP contribution in [0.2, 0.25) is 0 Å². The minimum Gasteiger partial charge on any atom is -0.381 e. The Kier molecular flexibility index (Phi) is 4.29. The van der Waals surface area contributed by atoms with Gasteiger partial charge in [0.15, 0.2) is 0 Å². The Labute approximate surface area is 137 Å². The molecule has 0 unspecified atom stereocenters. The third kappa shape index (κ3) is 3.59. The zero-order valence-corrected chi connectivity index (χ0v) is 13.0. The molecule has 0 radical (unpaired) electrons. The predicted molar refractivity (Wildman–Crippen MR) is 87.5 cm³/mol. The maximum absolute atomic E-state index is 12.7. The monoisotopic (exact) mass is 331 g/mol. The Morgan fingerprint density at radius 3 is 2.50 bits per heavy atom. The van der Waals surface area contributed by atoms with Gasteiger partial charge >= 0.3 is 6.18 Å². The highest BCUT2D eigenvalue weighted by molar-refractivity contribution is 5.63. The van der Waals surface area contributed by atoms with Crippen LogP contribution in [0.3, 0.4) is 0 Å². The third-order valence-electron chi connectivity index (χ3n) is 3.72. The van der Waals surface area contributed by atoms with Crippen LogP contribution in [0.15, 0.2) is 54.7 Å². The molecule has 0 aliphatic carbocycles. The second-order valence-electron chi connectivity index (χ2n) is 5.57. The Hall–Kier alpha value is -2.76. The van der Waals surface area contributed by atoms with Crippen LogP contribution in [0.1, 0.15) is 16.7 Å². The zero-order valence-electron chi connectivity index (χ0n) is 13.0. The molecule has 0 aliphatic rings. The molecule has 3 nitrogen and oxygen atoms in total. The zero-order chi connectivity index (χ0) is 17.2. The summed E-state index contributed by atoms with van der Waals surface area (Å²) >= 11 is 0. The molecule has 0 amide bonds. The number of aromatic amines is 1. The number of rotatable bonds is 4. The number of aromatic nitrogens is 2. The van der Waals surface area contributed by atoms with Gasteiger partial charge in [-0.15, -0.1) is 0 Å². The minimum atomic E-state index is -4.33. The Morgan fingerprint density at radius 2 is 1.83 bits per heavy atom. The second-order valence-corrected chi connectivity index (χ2v) is 5.57. The fourth-order valence-electron chi connectivity index (χ4n) is 2.47. The molecule has 0 aliphatic heterocycles. The van der Waals surface area contributed by atoms with Crippen LogP contribution < -0.4 is 5.32 Å². The predicted octanol–water partition coefficient (Wildman–Crippen LogP) is 5.02. The molecule has 0 bridgehead atoms. The first-order valence-electron chi connectivity index (χ1n) is 7.44. The van der Waals surface area contributed by atoms with Gasteiger partial charge in [0, 0.05) is 17.8 Å². The Morgan fingerprint density at radius 1 is 1.08 bits per heavy atom. The van der Waals surface area contributed by atoms with Crippen molar-refractivity contribution in [2.75, 3.05) is 5.32 Å². The van der Waals surface area contributed by atoms with Crippen molar-refractivity contribution in [2.45, 2.75) is 19.6 Å². The molecular formula is C18H16F3N3. The summed E-state index contributed by atoms with van der Waals surface area (Å²) in [4.78, 5) is 0. The lowest BCUT2D eigenvalue weighted by Crippen LogP contribution is -2.04. The topological polar surface area (TPSA) is 40.7 Å². The Bertz CT molecular complexity index is 820. The number of aryl methyl sites for hydroxylation is 1. The molecule has 1 heterocycles. The third-order valence-corrected chi connectivity index (χ3v) is 3.72. The SMILES string of the molecule is Cc1cccc(NCc2cn[nH]c2-c2ccc(C(F)(F)F)cc2)c1. The summed E-state index contributed by atoms with van der Waals surface area (Å²) in [6.07, 6.45) is -2.65. The average molecular weight is 331 g/mol. The van der Waals surface area contributed by atoms with Gasteiger partial charge in [-0.25, -0.2) is 0 Å². The lowest BCUT2D eigenvalue weighted by molar-refractivity contribution is -0.137. The standard InChI is InChI=1S/C18H16F3N3/c1-12-3-2-4-16(9-12)22-10-14-11-23-24-17(14)13-5-7-15(8-6-13)18(19,20)21/h2-9,11,22H,10H2,1H3,(H,23,24). The molecule has 0 saturated heterocycles. The molecule has 0 spiro atoms. The summed E-state index contributed by atoms with van der Waals surface area (Å²) in [6, 6.07) is 13.0. The molecule has 124 valence electrons. The molecule has 0 atom stereocenters. The molecule has 3 rings (SSSR count). The van der Waals surface area contributed by atoms with Crippen molar-refractivity contribution in [3.8, 4) is 11.3 Å². The van der Waals surface area contributed by atoms with E-state index in [1.807, 2.05) is 31.2 Å². The summed E-state index contributed by atoms with van der Waals surface area (Å²) in [6.45, 7) is 2.53. The highest BCUT2D eigenvalue weighted by Crippen LogP contribution is 2.31. The van der Waals surface area contributed by atoms with Crippen LogP contribution in [0, 0.1) is 6.92 Å². The fourth-order valence-corrected chi connectivity index (χ4v) is 2.47. The van der Waals surface area contributed by atoms with Crippen LogP contribution in [0.4, 0.5) is 18.9 Å². The first-order valence-corrected chi connectivity index (χ1v) is 7.44. The van der Waals surface area contributed by atoms with Crippen molar-refractivity contribution >= 4 is 5.69 Å². The van der Waals surface area contributed by atoms with Crippen molar-refractivity contribution in [2.24, 2.45) is 0 Å². The van der Waals surface area contributed by atoms with Crippen molar-refractivity contribution < 1.29 is 13.2 Å². The normalized spacial score (nSPS) is 11.5. The van der Waals surface area contributed by atoms with E-state index in [0.717, 1.165) is 28.9 Å². The van der Waals surface area contributed by atoms with Crippen LogP contribution in [-0.4, -0.2) is 10.2 Å². The maximum Gasteiger partial charge on any atom is 0.416 e. The van der Waals surface area contributed by atoms with Gasteiger partial charge in [0.1, 0.15) is 0 Å². The minimum absolute atomic E-state index is 0.524. The van der Waals surface area contributed by atoms with E-state index in [4.69, 9.17) is 0 Å². The summed E-state index contributed by atoms with van der Waals surface area (Å²) in [7, 11) is 0. The van der Waals surface area contributed by atoms with Gasteiger partial charge in [-0.1, -0.05) is 24.3 Å². The fraction of sp³-hybridized carbons (Fsp3) is 0.167. The molecule has 2 aromatic carbocycles. The molecule has 2 N–H and O–H groups in total. The summed E-state index contributed by atoms with van der Waals surface area (Å²) in [5.41, 5.74) is 3.73. The first kappa shape index (κ1) is 16.1. The van der Waals surface area contributed by atoms with Gasteiger partial charge in [-0.3, -0.25) is 5.10 Å². The van der Waals surface area contributed by atoms with Crippen molar-refractivity contribution in [3.63, 3.8) is 0 Å². The summed E-state index contributed by atoms with van der Waals surface area (Å²) in [5.74, 6) is 0. The summed E-state index contributed by atoms with van der Waals surface area (Å²) in [5, 5.41) is 10.2. The number of nitrogens with one attached hydrogen (secondary N) is 2. The second kappa shape index (κ2) is 6.39. The Balaban J connectivity index is 1.78. The van der Waals surface area contributed by atoms with Crippen molar-refractivity contribution in [3.05, 3.63) is 71.4 Å². The quantitative estimate of drug-likeness (QED) is 0.705. The van der Waals surface area contributed by atoms with Gasteiger partial charge in [0.2, 0.25) is 0 Å². The lowest BCUT2D eigenvalue weighted by atomic mass is 10.1. The van der Waals surface area contributed by atoms with E-state index >= 15 is 0 Å². The number of H-pyrrole nitrogens is 1. The average Bonchev–Trinajstić information content (AvgIpc) is 3.01. The smallest absolute Gasteiger partial charge is 0.381 e. The van der Waals surface area contributed by atoms with Crippen LogP contribution >= 0.6 is 0 Å². The van der Waals surface area contributed by atoms with E-state index < -0.39 is 11.7 Å². The molecule has 24 heavy (non-hydrogen) atoms. The van der Waals surface area contributed by atoms with Gasteiger partial charge in [0.25, 0.3) is 0 Å². The van der Waals surface area contributed by atoms with Gasteiger partial charge in [-0.2, -0.15) is 18.3 Å². The number of alkyl halides is 3. The van der Waals surface area contributed by atoms with E-state index in [-0.39, 0.29) is 0 Å². The molecule has 0 fully saturated rings. The first-order chi connectivity index (χ1) is 11.4. The number of halogens is 3. The molecule has 6 heteroatoms. The van der Waals surface area contributed by atoms with E-state index in [2.05, 4.69) is 15.5 Å². The van der Waals surface area contributed by atoms with E-state index in [1.165, 1.54) is 12.1 Å². The van der Waals surface area contributed by atoms with Gasteiger partial charge in [-0.05, 0) is 42.3 Å². The van der Waals surface area contributed by atoms with Crippen molar-refractivity contribution in [1.29, 1.82) is 0 Å². The van der Waals surface area contributed by atoms with Crippen molar-refractivity contribution in [1.82, 2.24) is 10.2 Å².